The van der Waals surface area contributed by atoms with E-state index in [0.717, 1.165) is 36.6 Å². The lowest BCUT2D eigenvalue weighted by molar-refractivity contribution is 0.0451. The number of aryl methyl sites for hydroxylation is 1. The molecule has 1 fully saturated rings. The van der Waals surface area contributed by atoms with Crippen molar-refractivity contribution in [2.24, 2.45) is 0 Å². The van der Waals surface area contributed by atoms with E-state index in [1.807, 2.05) is 13.8 Å². The van der Waals surface area contributed by atoms with Gasteiger partial charge in [0.15, 0.2) is 0 Å². The zero-order chi connectivity index (χ0) is 17.2. The number of aromatic nitrogens is 2. The fourth-order valence-corrected chi connectivity index (χ4v) is 3.04. The van der Waals surface area contributed by atoms with E-state index in [4.69, 9.17) is 21.1 Å². The van der Waals surface area contributed by atoms with Crippen LogP contribution >= 0.6 is 11.6 Å². The fraction of sp³-hybridized carbons (Fsp3) is 0.765. The third-order valence-electron chi connectivity index (χ3n) is 4.15. The van der Waals surface area contributed by atoms with Gasteiger partial charge in [-0.25, -0.2) is 9.97 Å². The van der Waals surface area contributed by atoms with Crippen LogP contribution in [-0.2, 0) is 16.1 Å². The molecule has 1 aliphatic rings. The molecule has 0 bridgehead atoms. The van der Waals surface area contributed by atoms with Gasteiger partial charge in [-0.15, -0.1) is 0 Å². The molecule has 1 aromatic heterocycles. The zero-order valence-electron chi connectivity index (χ0n) is 14.8. The van der Waals surface area contributed by atoms with Crippen molar-refractivity contribution in [2.75, 3.05) is 51.3 Å². The molecular weight excluding hydrogens is 328 g/mol. The molecule has 6 nitrogen and oxygen atoms in total. The first-order chi connectivity index (χ1) is 11.7. The summed E-state index contributed by atoms with van der Waals surface area (Å²) in [5.74, 6) is 0.783. The van der Waals surface area contributed by atoms with Gasteiger partial charge in [0.2, 0.25) is 5.28 Å². The molecule has 0 aliphatic carbocycles. The zero-order valence-corrected chi connectivity index (χ0v) is 15.6. The van der Waals surface area contributed by atoms with Gasteiger partial charge in [0.1, 0.15) is 5.82 Å². The van der Waals surface area contributed by atoms with E-state index in [0.29, 0.717) is 26.4 Å². The summed E-state index contributed by atoms with van der Waals surface area (Å²) in [5, 5.41) is 3.67. The first kappa shape index (κ1) is 19.4. The molecule has 1 saturated heterocycles. The quantitative estimate of drug-likeness (QED) is 0.486. The van der Waals surface area contributed by atoms with Crippen molar-refractivity contribution >= 4 is 17.4 Å². The summed E-state index contributed by atoms with van der Waals surface area (Å²) in [5.41, 5.74) is 1.82. The van der Waals surface area contributed by atoms with Crippen molar-refractivity contribution in [1.29, 1.82) is 0 Å². The largest absolute Gasteiger partial charge is 0.379 e. The van der Waals surface area contributed by atoms with Gasteiger partial charge in [0.25, 0.3) is 0 Å². The third kappa shape index (κ3) is 6.51. The lowest BCUT2D eigenvalue weighted by Crippen LogP contribution is -2.22. The fourth-order valence-electron chi connectivity index (χ4n) is 2.83. The van der Waals surface area contributed by atoms with Gasteiger partial charge in [0.05, 0.1) is 19.8 Å². The standard InChI is InChI=1S/C17H29ClN4O2/c1-3-23-11-12-24-13-15-14(2)20-17(18)21-16(15)19-7-6-10-22-8-4-5-9-22/h3-13H2,1-2H3,(H,19,20,21). The maximum absolute atomic E-state index is 6.01. The number of anilines is 1. The average molecular weight is 357 g/mol. The molecule has 0 spiro atoms. The summed E-state index contributed by atoms with van der Waals surface area (Å²) in [6.07, 6.45) is 3.75. The summed E-state index contributed by atoms with van der Waals surface area (Å²) in [7, 11) is 0. The highest BCUT2D eigenvalue weighted by Gasteiger charge is 2.13. The van der Waals surface area contributed by atoms with E-state index >= 15 is 0 Å². The van der Waals surface area contributed by atoms with E-state index in [-0.39, 0.29) is 5.28 Å². The van der Waals surface area contributed by atoms with E-state index in [9.17, 15) is 0 Å². The van der Waals surface area contributed by atoms with E-state index in [1.165, 1.54) is 25.9 Å². The SMILES string of the molecule is CCOCCOCc1c(C)nc(Cl)nc1NCCCN1CCCC1. The van der Waals surface area contributed by atoms with Gasteiger partial charge >= 0.3 is 0 Å². The molecule has 24 heavy (non-hydrogen) atoms. The second kappa shape index (κ2) is 10.8. The minimum absolute atomic E-state index is 0.271. The van der Waals surface area contributed by atoms with E-state index in [2.05, 4.69) is 20.2 Å². The van der Waals surface area contributed by atoms with Crippen molar-refractivity contribution in [2.45, 2.75) is 39.7 Å². The van der Waals surface area contributed by atoms with Gasteiger partial charge in [-0.05, 0) is 64.3 Å². The van der Waals surface area contributed by atoms with Crippen LogP contribution in [0.3, 0.4) is 0 Å². The van der Waals surface area contributed by atoms with Crippen LogP contribution in [0.4, 0.5) is 5.82 Å². The number of nitrogens with one attached hydrogen (secondary N) is 1. The Hall–Kier alpha value is -0.950. The number of ether oxygens (including phenoxy) is 2. The molecule has 0 amide bonds. The maximum Gasteiger partial charge on any atom is 0.224 e. The van der Waals surface area contributed by atoms with E-state index in [1.54, 1.807) is 0 Å². The Bertz CT molecular complexity index is 496. The monoisotopic (exact) mass is 356 g/mol. The molecule has 2 rings (SSSR count). The summed E-state index contributed by atoms with van der Waals surface area (Å²) in [4.78, 5) is 11.1. The number of likely N-dealkylation sites (tertiary alicyclic amines) is 1. The molecule has 0 atom stereocenters. The van der Waals surface area contributed by atoms with Crippen LogP contribution in [-0.4, -0.2) is 60.9 Å². The Morgan fingerprint density at radius 1 is 1.17 bits per heavy atom. The van der Waals surface area contributed by atoms with Crippen molar-refractivity contribution in [3.63, 3.8) is 0 Å². The van der Waals surface area contributed by atoms with Crippen LogP contribution in [0.1, 0.15) is 37.4 Å². The van der Waals surface area contributed by atoms with Gasteiger partial charge in [-0.1, -0.05) is 0 Å². The predicted octanol–water partition coefficient (Wildman–Crippen LogP) is 2.89. The minimum atomic E-state index is 0.271. The van der Waals surface area contributed by atoms with Gasteiger partial charge < -0.3 is 19.7 Å². The lowest BCUT2D eigenvalue weighted by atomic mass is 10.2. The van der Waals surface area contributed by atoms with Crippen LogP contribution in [0.25, 0.3) is 0 Å². The summed E-state index contributed by atoms with van der Waals surface area (Å²) in [6.45, 7) is 10.7. The van der Waals surface area contributed by atoms with Gasteiger partial charge in [0, 0.05) is 24.4 Å². The van der Waals surface area contributed by atoms with E-state index < -0.39 is 0 Å². The predicted molar refractivity (Wildman–Crippen MR) is 96.7 cm³/mol. The highest BCUT2D eigenvalue weighted by molar-refractivity contribution is 6.28. The Labute approximate surface area is 149 Å². The number of nitrogens with zero attached hydrogens (tertiary/aromatic N) is 3. The molecule has 136 valence electrons. The molecule has 1 N–H and O–H groups in total. The first-order valence-corrected chi connectivity index (χ1v) is 9.23. The van der Waals surface area contributed by atoms with Crippen LogP contribution in [0.2, 0.25) is 5.28 Å². The van der Waals surface area contributed by atoms with Crippen molar-refractivity contribution in [3.05, 3.63) is 16.5 Å². The van der Waals surface area contributed by atoms with Crippen molar-refractivity contribution in [3.8, 4) is 0 Å². The molecule has 7 heteroatoms. The lowest BCUT2D eigenvalue weighted by Gasteiger charge is -2.16. The highest BCUT2D eigenvalue weighted by atomic mass is 35.5. The summed E-state index contributed by atoms with van der Waals surface area (Å²) >= 11 is 6.01. The number of rotatable bonds is 11. The average Bonchev–Trinajstić information content (AvgIpc) is 3.06. The molecule has 0 unspecified atom stereocenters. The third-order valence-corrected chi connectivity index (χ3v) is 4.32. The van der Waals surface area contributed by atoms with Gasteiger partial charge in [-0.3, -0.25) is 0 Å². The molecule has 2 heterocycles. The number of hydrogen-bond acceptors (Lipinski definition) is 6. The number of halogens is 1. The molecule has 1 aliphatic heterocycles. The Balaban J connectivity index is 1.81. The first-order valence-electron chi connectivity index (χ1n) is 8.85. The second-order valence-corrected chi connectivity index (χ2v) is 6.32. The summed E-state index contributed by atoms with van der Waals surface area (Å²) < 4.78 is 11.0. The van der Waals surface area contributed by atoms with Gasteiger partial charge in [-0.2, -0.15) is 0 Å². The summed E-state index contributed by atoms with van der Waals surface area (Å²) in [6, 6.07) is 0. The Morgan fingerprint density at radius 3 is 2.67 bits per heavy atom. The van der Waals surface area contributed by atoms with Crippen LogP contribution in [0.5, 0.6) is 0 Å². The van der Waals surface area contributed by atoms with Crippen molar-refractivity contribution < 1.29 is 9.47 Å². The Morgan fingerprint density at radius 2 is 1.92 bits per heavy atom. The minimum Gasteiger partial charge on any atom is -0.379 e. The highest BCUT2D eigenvalue weighted by Crippen LogP contribution is 2.19. The molecule has 0 aromatic carbocycles. The van der Waals surface area contributed by atoms with Crippen LogP contribution in [0, 0.1) is 6.92 Å². The Kier molecular flexibility index (Phi) is 8.74. The topological polar surface area (TPSA) is 59.5 Å². The smallest absolute Gasteiger partial charge is 0.224 e. The molecule has 0 radical (unpaired) electrons. The number of hydrogen-bond donors (Lipinski definition) is 1. The molecule has 0 saturated carbocycles. The van der Waals surface area contributed by atoms with Crippen LogP contribution < -0.4 is 5.32 Å². The molecular formula is C17H29ClN4O2. The second-order valence-electron chi connectivity index (χ2n) is 5.98. The maximum atomic E-state index is 6.01. The molecule has 1 aromatic rings. The van der Waals surface area contributed by atoms with Crippen molar-refractivity contribution in [1.82, 2.24) is 14.9 Å². The van der Waals surface area contributed by atoms with Crippen LogP contribution in [0.15, 0.2) is 0 Å². The normalized spacial score (nSPS) is 15.1.